The third-order valence-electron chi connectivity index (χ3n) is 3.69. The molecular weight excluding hydrogens is 310 g/mol. The molecule has 0 saturated heterocycles. The van der Waals surface area contributed by atoms with E-state index in [0.29, 0.717) is 4.47 Å². The van der Waals surface area contributed by atoms with Crippen molar-refractivity contribution in [2.75, 3.05) is 18.5 Å². The van der Waals surface area contributed by atoms with Crippen molar-refractivity contribution in [3.05, 3.63) is 21.0 Å². The molecule has 0 aromatic carbocycles. The summed E-state index contributed by atoms with van der Waals surface area (Å²) in [7, 11) is 0. The van der Waals surface area contributed by atoms with Crippen LogP contribution in [0.5, 0.6) is 0 Å². The summed E-state index contributed by atoms with van der Waals surface area (Å²) in [6, 6.07) is 0.0435. The minimum absolute atomic E-state index is 0.0435. The molecule has 1 heterocycles. The molecule has 1 aliphatic rings. The Morgan fingerprint density at radius 2 is 2.26 bits per heavy atom. The average Bonchev–Trinajstić information content (AvgIpc) is 3.11. The van der Waals surface area contributed by atoms with Crippen LogP contribution in [0.4, 0.5) is 5.69 Å². The Bertz CT molecular complexity index is 509. The van der Waals surface area contributed by atoms with E-state index in [-0.39, 0.29) is 23.6 Å². The summed E-state index contributed by atoms with van der Waals surface area (Å²) in [6.45, 7) is 4.85. The van der Waals surface area contributed by atoms with Gasteiger partial charge in [0.25, 0.3) is 5.56 Å². The van der Waals surface area contributed by atoms with Crippen LogP contribution in [0.3, 0.4) is 0 Å². The average molecular weight is 330 g/mol. The highest BCUT2D eigenvalue weighted by atomic mass is 79.9. The SMILES string of the molecule is CC(C)n1ncc(NCC2(CCO)CC2)c(Br)c1=O. The number of hydrogen-bond acceptors (Lipinski definition) is 4. The van der Waals surface area contributed by atoms with Crippen molar-refractivity contribution in [2.45, 2.75) is 39.2 Å². The fraction of sp³-hybridized carbons (Fsp3) is 0.692. The number of hydrogen-bond donors (Lipinski definition) is 2. The van der Waals surface area contributed by atoms with Crippen molar-refractivity contribution in [3.63, 3.8) is 0 Å². The van der Waals surface area contributed by atoms with E-state index >= 15 is 0 Å². The van der Waals surface area contributed by atoms with Gasteiger partial charge in [-0.15, -0.1) is 0 Å². The van der Waals surface area contributed by atoms with Crippen molar-refractivity contribution in [3.8, 4) is 0 Å². The smallest absolute Gasteiger partial charge is 0.283 e. The van der Waals surface area contributed by atoms with Gasteiger partial charge in [-0.1, -0.05) is 0 Å². The molecule has 1 aliphatic carbocycles. The van der Waals surface area contributed by atoms with E-state index in [9.17, 15) is 4.79 Å². The molecule has 0 spiro atoms. The Balaban J connectivity index is 2.10. The van der Waals surface area contributed by atoms with Gasteiger partial charge in [-0.05, 0) is 54.5 Å². The van der Waals surface area contributed by atoms with Crippen LogP contribution in [0.2, 0.25) is 0 Å². The van der Waals surface area contributed by atoms with E-state index in [2.05, 4.69) is 26.3 Å². The summed E-state index contributed by atoms with van der Waals surface area (Å²) in [4.78, 5) is 12.1. The highest BCUT2D eigenvalue weighted by Crippen LogP contribution is 2.48. The molecule has 0 atom stereocenters. The first kappa shape index (κ1) is 14.5. The van der Waals surface area contributed by atoms with Gasteiger partial charge in [0.15, 0.2) is 0 Å². The minimum Gasteiger partial charge on any atom is -0.396 e. The molecule has 0 unspecified atom stereocenters. The highest BCUT2D eigenvalue weighted by Gasteiger charge is 2.41. The fourth-order valence-corrected chi connectivity index (χ4v) is 2.57. The van der Waals surface area contributed by atoms with Crippen LogP contribution in [0, 0.1) is 5.41 Å². The summed E-state index contributed by atoms with van der Waals surface area (Å²) in [5.41, 5.74) is 0.819. The summed E-state index contributed by atoms with van der Waals surface area (Å²) < 4.78 is 1.98. The Morgan fingerprint density at radius 3 is 2.79 bits per heavy atom. The zero-order valence-corrected chi connectivity index (χ0v) is 12.9. The van der Waals surface area contributed by atoms with Crippen LogP contribution in [-0.4, -0.2) is 28.0 Å². The number of rotatable bonds is 6. The Morgan fingerprint density at radius 1 is 1.58 bits per heavy atom. The molecule has 0 bridgehead atoms. The molecule has 1 saturated carbocycles. The molecule has 0 radical (unpaired) electrons. The summed E-state index contributed by atoms with van der Waals surface area (Å²) in [6.07, 6.45) is 4.76. The second kappa shape index (κ2) is 5.63. The number of nitrogens with one attached hydrogen (secondary N) is 1. The topological polar surface area (TPSA) is 67.2 Å². The van der Waals surface area contributed by atoms with Gasteiger partial charge in [-0.25, -0.2) is 4.68 Å². The first-order valence-corrected chi connectivity index (χ1v) is 7.40. The maximum Gasteiger partial charge on any atom is 0.283 e. The summed E-state index contributed by atoms with van der Waals surface area (Å²) >= 11 is 3.34. The lowest BCUT2D eigenvalue weighted by Gasteiger charge is -2.17. The normalized spacial score (nSPS) is 16.7. The number of anilines is 1. The van der Waals surface area contributed by atoms with Crippen LogP contribution in [0.25, 0.3) is 0 Å². The quantitative estimate of drug-likeness (QED) is 0.839. The molecule has 2 N–H and O–H groups in total. The molecular formula is C13H20BrN3O2. The largest absolute Gasteiger partial charge is 0.396 e. The van der Waals surface area contributed by atoms with Gasteiger partial charge in [0.1, 0.15) is 4.47 Å². The number of halogens is 1. The van der Waals surface area contributed by atoms with Gasteiger partial charge in [0.05, 0.1) is 17.9 Å². The second-order valence-electron chi connectivity index (χ2n) is 5.54. The Kier molecular flexibility index (Phi) is 4.30. The minimum atomic E-state index is -0.119. The lowest BCUT2D eigenvalue weighted by molar-refractivity contribution is 0.253. The van der Waals surface area contributed by atoms with Gasteiger partial charge < -0.3 is 10.4 Å². The zero-order valence-electron chi connectivity index (χ0n) is 11.3. The predicted molar refractivity (Wildman–Crippen MR) is 78.4 cm³/mol. The number of aromatic nitrogens is 2. The molecule has 6 heteroatoms. The third kappa shape index (κ3) is 3.17. The molecule has 19 heavy (non-hydrogen) atoms. The third-order valence-corrected chi connectivity index (χ3v) is 4.45. The summed E-state index contributed by atoms with van der Waals surface area (Å²) in [5, 5.41) is 16.5. The van der Waals surface area contributed by atoms with Gasteiger partial charge >= 0.3 is 0 Å². The molecule has 2 rings (SSSR count). The van der Waals surface area contributed by atoms with Gasteiger partial charge in [0.2, 0.25) is 0 Å². The maximum absolute atomic E-state index is 12.1. The van der Waals surface area contributed by atoms with E-state index in [1.165, 1.54) is 4.68 Å². The number of nitrogens with zero attached hydrogens (tertiary/aromatic N) is 2. The maximum atomic E-state index is 12.1. The Hall–Kier alpha value is -0.880. The van der Waals surface area contributed by atoms with E-state index < -0.39 is 0 Å². The van der Waals surface area contributed by atoms with Crippen LogP contribution < -0.4 is 10.9 Å². The molecule has 1 aromatic rings. The fourth-order valence-electron chi connectivity index (χ4n) is 2.15. The highest BCUT2D eigenvalue weighted by molar-refractivity contribution is 9.10. The van der Waals surface area contributed by atoms with Gasteiger partial charge in [-0.2, -0.15) is 5.10 Å². The zero-order chi connectivity index (χ0) is 14.0. The lowest BCUT2D eigenvalue weighted by Crippen LogP contribution is -2.27. The van der Waals surface area contributed by atoms with Crippen LogP contribution in [0.1, 0.15) is 39.2 Å². The Labute approximate surface area is 121 Å². The predicted octanol–water partition coefficient (Wildman–Crippen LogP) is 2.16. The van der Waals surface area contributed by atoms with Gasteiger partial charge in [-0.3, -0.25) is 4.79 Å². The van der Waals surface area contributed by atoms with Crippen molar-refractivity contribution in [1.29, 1.82) is 0 Å². The van der Waals surface area contributed by atoms with E-state index in [1.54, 1.807) is 6.20 Å². The molecule has 0 aliphatic heterocycles. The molecule has 1 fully saturated rings. The first-order valence-electron chi connectivity index (χ1n) is 6.61. The molecule has 1 aromatic heterocycles. The van der Waals surface area contributed by atoms with E-state index in [1.807, 2.05) is 13.8 Å². The first-order chi connectivity index (χ1) is 8.99. The second-order valence-corrected chi connectivity index (χ2v) is 6.34. The van der Waals surface area contributed by atoms with Crippen LogP contribution >= 0.6 is 15.9 Å². The van der Waals surface area contributed by atoms with Crippen LogP contribution in [-0.2, 0) is 0 Å². The summed E-state index contributed by atoms with van der Waals surface area (Å²) in [5.74, 6) is 0. The molecule has 106 valence electrons. The number of aliphatic hydroxyl groups is 1. The monoisotopic (exact) mass is 329 g/mol. The van der Waals surface area contributed by atoms with Crippen molar-refractivity contribution in [2.24, 2.45) is 5.41 Å². The standard InChI is InChI=1S/C13H20BrN3O2/c1-9(2)17-12(19)11(14)10(7-16-17)15-8-13(3-4-13)5-6-18/h7,9,15,18H,3-6,8H2,1-2H3. The van der Waals surface area contributed by atoms with E-state index in [4.69, 9.17) is 5.11 Å². The lowest BCUT2D eigenvalue weighted by atomic mass is 10.0. The van der Waals surface area contributed by atoms with Crippen molar-refractivity contribution >= 4 is 21.6 Å². The van der Waals surface area contributed by atoms with Crippen molar-refractivity contribution in [1.82, 2.24) is 9.78 Å². The van der Waals surface area contributed by atoms with Crippen LogP contribution in [0.15, 0.2) is 15.5 Å². The molecule has 0 amide bonds. The van der Waals surface area contributed by atoms with E-state index in [0.717, 1.165) is 31.5 Å². The number of aliphatic hydroxyl groups excluding tert-OH is 1. The van der Waals surface area contributed by atoms with Gasteiger partial charge in [0, 0.05) is 13.2 Å². The molecule has 5 nitrogen and oxygen atoms in total. The van der Waals surface area contributed by atoms with Crippen molar-refractivity contribution < 1.29 is 5.11 Å².